The minimum atomic E-state index is -0.471. The van der Waals surface area contributed by atoms with Gasteiger partial charge in [-0.1, -0.05) is 6.92 Å². The maximum absolute atomic E-state index is 14.3. The molecule has 2 aromatic rings. The molecule has 2 aromatic carbocycles. The normalized spacial score (nSPS) is 23.1. The first-order valence-corrected chi connectivity index (χ1v) is 16.2. The average Bonchev–Trinajstić information content (AvgIpc) is 3.70. The lowest BCUT2D eigenvalue weighted by molar-refractivity contribution is -0.0172. The molecule has 3 amide bonds. The SMILES string of the molecule is C[C@@H]1CCCCO[C@H](CN(C)CC2CC2)[C@H](C)CN([C@@H](C)CO)C(=O)c2cc(NC(=O)Nc3ccc4c(c3)OCO4)ccc2O1. The number of anilines is 2. The standard InChI is InChI=1S/C34H48N4O7/c1-22-17-38(23(2)20-39)33(40)28-15-26(35-34(41)36-27-11-13-30-31(16-27)44-21-43-30)10-12-29(28)45-24(3)7-5-6-14-42-32(22)19-37(4)18-25-8-9-25/h10-13,15-16,22-25,32,39H,5-9,14,17-21H2,1-4H3,(H2,35,36,41)/t22-,23+,24-,32-/m1/s1. The van der Waals surface area contributed by atoms with E-state index in [-0.39, 0.29) is 37.4 Å². The van der Waals surface area contributed by atoms with Crippen LogP contribution in [0.25, 0.3) is 0 Å². The molecular weight excluding hydrogens is 576 g/mol. The molecule has 0 unspecified atom stereocenters. The number of hydrogen-bond acceptors (Lipinski definition) is 8. The van der Waals surface area contributed by atoms with Crippen LogP contribution in [0.3, 0.4) is 0 Å². The van der Waals surface area contributed by atoms with E-state index in [0.717, 1.165) is 38.3 Å². The Hall–Kier alpha value is -3.54. The number of carbonyl (C=O) groups is 2. The first-order chi connectivity index (χ1) is 21.7. The molecule has 11 nitrogen and oxygen atoms in total. The van der Waals surface area contributed by atoms with Gasteiger partial charge in [0.25, 0.3) is 5.91 Å². The van der Waals surface area contributed by atoms with Gasteiger partial charge in [0.2, 0.25) is 6.79 Å². The van der Waals surface area contributed by atoms with Gasteiger partial charge in [0.1, 0.15) is 5.75 Å². The number of fused-ring (bicyclic) bond motifs is 2. The summed E-state index contributed by atoms with van der Waals surface area (Å²) in [4.78, 5) is 31.3. The van der Waals surface area contributed by atoms with Crippen molar-refractivity contribution in [1.29, 1.82) is 0 Å². The third-order valence-electron chi connectivity index (χ3n) is 8.70. The number of nitrogens with one attached hydrogen (secondary N) is 2. The van der Waals surface area contributed by atoms with Gasteiger partial charge in [-0.05, 0) is 89.2 Å². The molecule has 4 atom stereocenters. The van der Waals surface area contributed by atoms with Crippen LogP contribution in [0.4, 0.5) is 16.2 Å². The fraction of sp³-hybridized carbons (Fsp3) is 0.588. The summed E-state index contributed by atoms with van der Waals surface area (Å²) in [5, 5.41) is 15.8. The van der Waals surface area contributed by atoms with E-state index < -0.39 is 12.1 Å². The van der Waals surface area contributed by atoms with Crippen molar-refractivity contribution in [3.05, 3.63) is 42.0 Å². The number of likely N-dealkylation sites (N-methyl/N-ethyl adjacent to an activating group) is 1. The van der Waals surface area contributed by atoms with Crippen molar-refractivity contribution in [1.82, 2.24) is 9.80 Å². The van der Waals surface area contributed by atoms with Crippen LogP contribution in [0.5, 0.6) is 17.2 Å². The zero-order chi connectivity index (χ0) is 31.9. The molecule has 0 bridgehead atoms. The summed E-state index contributed by atoms with van der Waals surface area (Å²) in [6, 6.07) is 9.35. The van der Waals surface area contributed by atoms with E-state index in [1.165, 1.54) is 12.8 Å². The minimum absolute atomic E-state index is 0.0182. The van der Waals surface area contributed by atoms with E-state index in [1.807, 2.05) is 13.8 Å². The van der Waals surface area contributed by atoms with Crippen molar-refractivity contribution in [3.8, 4) is 17.2 Å². The predicted octanol–water partition coefficient (Wildman–Crippen LogP) is 5.20. The van der Waals surface area contributed by atoms with Crippen molar-refractivity contribution in [2.24, 2.45) is 11.8 Å². The van der Waals surface area contributed by atoms with E-state index in [2.05, 4.69) is 29.5 Å². The Morgan fingerprint density at radius 1 is 1.00 bits per heavy atom. The van der Waals surface area contributed by atoms with Gasteiger partial charge >= 0.3 is 6.03 Å². The highest BCUT2D eigenvalue weighted by atomic mass is 16.7. The number of amides is 3. The molecule has 11 heteroatoms. The highest BCUT2D eigenvalue weighted by Gasteiger charge is 2.31. The smallest absolute Gasteiger partial charge is 0.323 e. The maximum atomic E-state index is 14.3. The Bertz CT molecular complexity index is 1320. The quantitative estimate of drug-likeness (QED) is 0.367. The summed E-state index contributed by atoms with van der Waals surface area (Å²) in [7, 11) is 2.14. The number of carbonyl (C=O) groups excluding carboxylic acids is 2. The topological polar surface area (TPSA) is 122 Å². The van der Waals surface area contributed by atoms with Crippen LogP contribution < -0.4 is 24.8 Å². The largest absolute Gasteiger partial charge is 0.490 e. The Morgan fingerprint density at radius 3 is 2.44 bits per heavy atom. The number of rotatable bonds is 8. The van der Waals surface area contributed by atoms with Gasteiger partial charge in [-0.3, -0.25) is 4.79 Å². The first kappa shape index (κ1) is 32.8. The van der Waals surface area contributed by atoms with Gasteiger partial charge < -0.3 is 44.5 Å². The molecule has 2 heterocycles. The van der Waals surface area contributed by atoms with Gasteiger partial charge in [-0.2, -0.15) is 0 Å². The highest BCUT2D eigenvalue weighted by molar-refractivity contribution is 6.02. The summed E-state index contributed by atoms with van der Waals surface area (Å²) in [5.41, 5.74) is 1.31. The maximum Gasteiger partial charge on any atom is 0.323 e. The van der Waals surface area contributed by atoms with Crippen molar-refractivity contribution in [2.75, 3.05) is 57.3 Å². The fourth-order valence-electron chi connectivity index (χ4n) is 5.85. The molecule has 0 radical (unpaired) electrons. The monoisotopic (exact) mass is 624 g/mol. The van der Waals surface area contributed by atoms with Gasteiger partial charge in [-0.25, -0.2) is 4.79 Å². The van der Waals surface area contributed by atoms with E-state index >= 15 is 0 Å². The van der Waals surface area contributed by atoms with Crippen LogP contribution in [-0.2, 0) is 4.74 Å². The van der Waals surface area contributed by atoms with Gasteiger partial charge in [-0.15, -0.1) is 0 Å². The molecule has 3 N–H and O–H groups in total. The predicted molar refractivity (Wildman–Crippen MR) is 172 cm³/mol. The van der Waals surface area contributed by atoms with Gasteiger partial charge in [0.15, 0.2) is 11.5 Å². The van der Waals surface area contributed by atoms with Crippen LogP contribution in [0.15, 0.2) is 36.4 Å². The molecule has 1 aliphatic carbocycles. The third kappa shape index (κ3) is 9.02. The molecular formula is C34H48N4O7. The second-order valence-electron chi connectivity index (χ2n) is 12.8. The number of benzene rings is 2. The van der Waals surface area contributed by atoms with Crippen LogP contribution in [0, 0.1) is 11.8 Å². The molecule has 246 valence electrons. The number of ether oxygens (including phenoxy) is 4. The van der Waals surface area contributed by atoms with Crippen molar-refractivity contribution >= 4 is 23.3 Å². The molecule has 5 rings (SSSR count). The van der Waals surface area contributed by atoms with E-state index in [1.54, 1.807) is 41.3 Å². The summed E-state index contributed by atoms with van der Waals surface area (Å²) in [6.07, 6.45) is 5.07. The first-order valence-electron chi connectivity index (χ1n) is 16.2. The molecule has 0 spiro atoms. The Labute approximate surface area is 266 Å². The van der Waals surface area contributed by atoms with E-state index in [9.17, 15) is 14.7 Å². The highest BCUT2D eigenvalue weighted by Crippen LogP contribution is 2.34. The van der Waals surface area contributed by atoms with Gasteiger partial charge in [0, 0.05) is 49.6 Å². The van der Waals surface area contributed by atoms with Crippen LogP contribution in [0.1, 0.15) is 63.2 Å². The van der Waals surface area contributed by atoms with Crippen molar-refractivity contribution in [2.45, 2.75) is 71.1 Å². The van der Waals surface area contributed by atoms with E-state index in [0.29, 0.717) is 47.3 Å². The molecule has 1 saturated carbocycles. The summed E-state index contributed by atoms with van der Waals surface area (Å²) in [5.74, 6) is 2.16. The Balaban J connectivity index is 1.37. The zero-order valence-electron chi connectivity index (χ0n) is 26.9. The number of aliphatic hydroxyl groups is 1. The van der Waals surface area contributed by atoms with Crippen LogP contribution in [-0.4, -0.2) is 91.8 Å². The average molecular weight is 625 g/mol. The van der Waals surface area contributed by atoms with Crippen LogP contribution in [0.2, 0.25) is 0 Å². The van der Waals surface area contributed by atoms with Crippen molar-refractivity contribution in [3.63, 3.8) is 0 Å². The Kier molecular flexibility index (Phi) is 11.1. The third-order valence-corrected chi connectivity index (χ3v) is 8.70. The number of hydrogen-bond donors (Lipinski definition) is 3. The Morgan fingerprint density at radius 2 is 1.71 bits per heavy atom. The zero-order valence-corrected chi connectivity index (χ0v) is 26.9. The fourth-order valence-corrected chi connectivity index (χ4v) is 5.85. The van der Waals surface area contributed by atoms with Gasteiger partial charge in [0.05, 0.1) is 30.4 Å². The van der Waals surface area contributed by atoms with Crippen molar-refractivity contribution < 1.29 is 33.6 Å². The second-order valence-corrected chi connectivity index (χ2v) is 12.8. The molecule has 3 aliphatic rings. The molecule has 45 heavy (non-hydrogen) atoms. The second kappa shape index (κ2) is 15.2. The number of urea groups is 1. The molecule has 2 aliphatic heterocycles. The summed E-state index contributed by atoms with van der Waals surface area (Å²) >= 11 is 0. The minimum Gasteiger partial charge on any atom is -0.490 e. The summed E-state index contributed by atoms with van der Waals surface area (Å²) < 4.78 is 23.5. The lowest BCUT2D eigenvalue weighted by Gasteiger charge is -2.36. The van der Waals surface area contributed by atoms with Crippen LogP contribution >= 0.6 is 0 Å². The molecule has 1 fully saturated rings. The number of aliphatic hydroxyl groups excluding tert-OH is 1. The molecule has 0 saturated heterocycles. The summed E-state index contributed by atoms with van der Waals surface area (Å²) in [6.45, 7) is 8.81. The van der Waals surface area contributed by atoms with E-state index in [4.69, 9.17) is 18.9 Å². The lowest BCUT2D eigenvalue weighted by Crippen LogP contribution is -2.47. The molecule has 0 aromatic heterocycles. The number of nitrogens with zero attached hydrogens (tertiary/aromatic N) is 2. The lowest BCUT2D eigenvalue weighted by atomic mass is 10.0.